The van der Waals surface area contributed by atoms with Gasteiger partial charge in [0.25, 0.3) is 5.91 Å². The van der Waals surface area contributed by atoms with Crippen LogP contribution in [-0.4, -0.2) is 58.2 Å². The molecule has 3 heterocycles. The van der Waals surface area contributed by atoms with Crippen molar-refractivity contribution in [2.75, 3.05) is 26.7 Å². The quantitative estimate of drug-likeness (QED) is 0.839. The Morgan fingerprint density at radius 1 is 1.45 bits per heavy atom. The molecule has 0 N–H and O–H groups in total. The first kappa shape index (κ1) is 13.6. The number of hydrogen-bond donors (Lipinski definition) is 0. The van der Waals surface area contributed by atoms with Gasteiger partial charge in [-0.15, -0.1) is 0 Å². The summed E-state index contributed by atoms with van der Waals surface area (Å²) in [6, 6.07) is 2.26. The Balaban J connectivity index is 1.80. The molecule has 1 aromatic heterocycles. The highest BCUT2D eigenvalue weighted by Gasteiger charge is 2.40. The van der Waals surface area contributed by atoms with E-state index in [0.29, 0.717) is 12.0 Å². The fourth-order valence-corrected chi connectivity index (χ4v) is 3.69. The molecule has 0 radical (unpaired) electrons. The van der Waals surface area contributed by atoms with Crippen LogP contribution in [0.4, 0.5) is 0 Å². The van der Waals surface area contributed by atoms with Crippen LogP contribution in [-0.2, 0) is 6.54 Å². The number of amides is 1. The van der Waals surface area contributed by atoms with Crippen LogP contribution in [0.3, 0.4) is 0 Å². The van der Waals surface area contributed by atoms with Crippen LogP contribution in [0.15, 0.2) is 12.3 Å². The number of likely N-dealkylation sites (tertiary alicyclic amines) is 2. The summed E-state index contributed by atoms with van der Waals surface area (Å²) in [5, 5.41) is 4.28. The second kappa shape index (κ2) is 5.56. The van der Waals surface area contributed by atoms with E-state index in [-0.39, 0.29) is 5.91 Å². The molecule has 110 valence electrons. The maximum Gasteiger partial charge on any atom is 0.272 e. The van der Waals surface area contributed by atoms with Crippen molar-refractivity contribution in [1.82, 2.24) is 19.6 Å². The average molecular weight is 276 g/mol. The third-order valence-electron chi connectivity index (χ3n) is 4.60. The van der Waals surface area contributed by atoms with E-state index in [4.69, 9.17) is 0 Å². The Hall–Kier alpha value is -1.36. The van der Waals surface area contributed by atoms with Crippen LogP contribution in [0.2, 0.25) is 0 Å². The van der Waals surface area contributed by atoms with Crippen LogP contribution >= 0.6 is 0 Å². The summed E-state index contributed by atoms with van der Waals surface area (Å²) in [4.78, 5) is 17.3. The lowest BCUT2D eigenvalue weighted by Gasteiger charge is -2.37. The highest BCUT2D eigenvalue weighted by molar-refractivity contribution is 5.92. The van der Waals surface area contributed by atoms with Crippen molar-refractivity contribution in [2.24, 2.45) is 5.92 Å². The van der Waals surface area contributed by atoms with Crippen LogP contribution < -0.4 is 0 Å². The van der Waals surface area contributed by atoms with Gasteiger partial charge in [-0.2, -0.15) is 5.10 Å². The van der Waals surface area contributed by atoms with Gasteiger partial charge in [0.1, 0.15) is 5.69 Å². The van der Waals surface area contributed by atoms with Gasteiger partial charge < -0.3 is 9.80 Å². The minimum atomic E-state index is 0.168. The lowest BCUT2D eigenvalue weighted by molar-refractivity contribution is 0.0559. The third kappa shape index (κ3) is 2.35. The Labute approximate surface area is 120 Å². The number of likely N-dealkylation sites (N-methyl/N-ethyl adjacent to an activating group) is 1. The topological polar surface area (TPSA) is 41.4 Å². The second-order valence-corrected chi connectivity index (χ2v) is 6.13. The zero-order valence-corrected chi connectivity index (χ0v) is 12.5. The third-order valence-corrected chi connectivity index (χ3v) is 4.60. The fraction of sp³-hybridized carbons (Fsp3) is 0.733. The van der Waals surface area contributed by atoms with Crippen molar-refractivity contribution in [1.29, 1.82) is 0 Å². The number of aromatic nitrogens is 2. The Kier molecular flexibility index (Phi) is 3.78. The van der Waals surface area contributed by atoms with Crippen molar-refractivity contribution in [3.8, 4) is 0 Å². The number of carbonyl (C=O) groups is 1. The van der Waals surface area contributed by atoms with Crippen LogP contribution in [0.5, 0.6) is 0 Å². The summed E-state index contributed by atoms with van der Waals surface area (Å²) < 4.78 is 1.85. The van der Waals surface area contributed by atoms with Crippen molar-refractivity contribution in [3.05, 3.63) is 18.0 Å². The van der Waals surface area contributed by atoms with E-state index < -0.39 is 0 Å². The molecule has 0 bridgehead atoms. The number of aryl methyl sites for hydroxylation is 1. The van der Waals surface area contributed by atoms with E-state index in [1.165, 1.54) is 6.42 Å². The van der Waals surface area contributed by atoms with Gasteiger partial charge in [0.15, 0.2) is 0 Å². The van der Waals surface area contributed by atoms with Crippen molar-refractivity contribution in [2.45, 2.75) is 38.8 Å². The normalized spacial score (nSPS) is 26.8. The standard InChI is InChI=1S/C15H24N4O/c1-3-8-19-13(6-7-16-19)15(20)18-9-4-5-12-10-17(2)11-14(12)18/h6-7,12,14H,3-5,8-11H2,1-2H3/t12-,14+/m0/s1. The summed E-state index contributed by atoms with van der Waals surface area (Å²) in [6.45, 7) is 5.96. The van der Waals surface area contributed by atoms with E-state index in [2.05, 4.69) is 28.9 Å². The summed E-state index contributed by atoms with van der Waals surface area (Å²) in [5.41, 5.74) is 0.752. The number of hydrogen-bond acceptors (Lipinski definition) is 3. The number of rotatable bonds is 3. The molecule has 0 aromatic carbocycles. The minimum Gasteiger partial charge on any atom is -0.333 e. The predicted molar refractivity (Wildman–Crippen MR) is 77.6 cm³/mol. The second-order valence-electron chi connectivity index (χ2n) is 6.13. The van der Waals surface area contributed by atoms with E-state index >= 15 is 0 Å². The van der Waals surface area contributed by atoms with Crippen molar-refractivity contribution in [3.63, 3.8) is 0 Å². The van der Waals surface area contributed by atoms with Crippen LogP contribution in [0, 0.1) is 5.92 Å². The minimum absolute atomic E-state index is 0.168. The molecule has 20 heavy (non-hydrogen) atoms. The maximum atomic E-state index is 12.9. The first-order valence-electron chi connectivity index (χ1n) is 7.72. The molecule has 0 spiro atoms. The lowest BCUT2D eigenvalue weighted by atomic mass is 9.92. The highest BCUT2D eigenvalue weighted by Crippen LogP contribution is 2.30. The molecule has 3 rings (SSSR count). The van der Waals surface area contributed by atoms with Gasteiger partial charge in [0.05, 0.1) is 0 Å². The van der Waals surface area contributed by atoms with Gasteiger partial charge in [-0.25, -0.2) is 0 Å². The summed E-state index contributed by atoms with van der Waals surface area (Å²) in [7, 11) is 2.16. The predicted octanol–water partition coefficient (Wildman–Crippen LogP) is 1.46. The molecule has 1 aromatic rings. The molecule has 2 aliphatic rings. The molecule has 2 saturated heterocycles. The number of carbonyl (C=O) groups excluding carboxylic acids is 1. The number of fused-ring (bicyclic) bond motifs is 1. The molecule has 1 amide bonds. The van der Waals surface area contributed by atoms with E-state index in [9.17, 15) is 4.79 Å². The van der Waals surface area contributed by atoms with E-state index in [0.717, 1.165) is 44.7 Å². The SMILES string of the molecule is CCCn1nccc1C(=O)N1CCC[C@H]2CN(C)C[C@H]21. The van der Waals surface area contributed by atoms with Crippen molar-refractivity contribution >= 4 is 5.91 Å². The Bertz CT molecular complexity index is 484. The fourth-order valence-electron chi connectivity index (χ4n) is 3.69. The van der Waals surface area contributed by atoms with Gasteiger partial charge >= 0.3 is 0 Å². The van der Waals surface area contributed by atoms with Crippen LogP contribution in [0.1, 0.15) is 36.7 Å². The summed E-state index contributed by atoms with van der Waals surface area (Å²) in [5.74, 6) is 0.821. The number of piperidine rings is 1. The lowest BCUT2D eigenvalue weighted by Crippen LogP contribution is -2.48. The molecule has 2 atom stereocenters. The molecule has 0 aliphatic carbocycles. The molecule has 0 saturated carbocycles. The maximum absolute atomic E-state index is 12.9. The first-order chi connectivity index (χ1) is 9.70. The Morgan fingerprint density at radius 2 is 2.30 bits per heavy atom. The van der Waals surface area contributed by atoms with E-state index in [1.54, 1.807) is 6.20 Å². The highest BCUT2D eigenvalue weighted by atomic mass is 16.2. The smallest absolute Gasteiger partial charge is 0.272 e. The van der Waals surface area contributed by atoms with Gasteiger partial charge in [-0.05, 0) is 38.3 Å². The molecule has 0 unspecified atom stereocenters. The molecular formula is C15H24N4O. The largest absolute Gasteiger partial charge is 0.333 e. The van der Waals surface area contributed by atoms with Crippen LogP contribution in [0.25, 0.3) is 0 Å². The summed E-state index contributed by atoms with van der Waals surface area (Å²) in [6.07, 6.45) is 5.12. The molecular weight excluding hydrogens is 252 g/mol. The molecule has 2 aliphatic heterocycles. The summed E-state index contributed by atoms with van der Waals surface area (Å²) >= 11 is 0. The Morgan fingerprint density at radius 3 is 3.10 bits per heavy atom. The van der Waals surface area contributed by atoms with Gasteiger partial charge in [0, 0.05) is 38.4 Å². The molecule has 2 fully saturated rings. The zero-order valence-electron chi connectivity index (χ0n) is 12.5. The van der Waals surface area contributed by atoms with E-state index in [1.807, 2.05) is 10.7 Å². The van der Waals surface area contributed by atoms with Gasteiger partial charge in [-0.3, -0.25) is 9.48 Å². The van der Waals surface area contributed by atoms with Gasteiger partial charge in [-0.1, -0.05) is 6.92 Å². The average Bonchev–Trinajstić information content (AvgIpc) is 3.03. The number of nitrogens with zero attached hydrogens (tertiary/aromatic N) is 4. The first-order valence-corrected chi connectivity index (χ1v) is 7.72. The zero-order chi connectivity index (χ0) is 14.1. The monoisotopic (exact) mass is 276 g/mol. The van der Waals surface area contributed by atoms with Crippen molar-refractivity contribution < 1.29 is 4.79 Å². The van der Waals surface area contributed by atoms with Gasteiger partial charge in [0.2, 0.25) is 0 Å². The molecule has 5 heteroatoms. The molecule has 5 nitrogen and oxygen atoms in total.